The van der Waals surface area contributed by atoms with Crippen LogP contribution in [0.3, 0.4) is 0 Å². The molecule has 1 saturated carbocycles. The standard InChI is InChI=1S/C18H28O2/c1-4-13-20-17-8-6-5-7-16(17)18(19)11-9-15(10-12-18)14(2)3/h5-8,14-15,19H,4,9-13H2,1-3H3. The molecule has 0 heterocycles. The maximum Gasteiger partial charge on any atom is 0.125 e. The van der Waals surface area contributed by atoms with Gasteiger partial charge in [0.25, 0.3) is 0 Å². The molecule has 0 radical (unpaired) electrons. The van der Waals surface area contributed by atoms with Gasteiger partial charge in [0.15, 0.2) is 0 Å². The molecule has 0 spiro atoms. The van der Waals surface area contributed by atoms with Crippen LogP contribution in [0.1, 0.15) is 58.4 Å². The zero-order chi connectivity index (χ0) is 14.6. The van der Waals surface area contributed by atoms with Gasteiger partial charge in [-0.2, -0.15) is 0 Å². The van der Waals surface area contributed by atoms with Crippen LogP contribution < -0.4 is 4.74 Å². The summed E-state index contributed by atoms with van der Waals surface area (Å²) in [4.78, 5) is 0. The molecule has 2 rings (SSSR count). The highest BCUT2D eigenvalue weighted by atomic mass is 16.5. The van der Waals surface area contributed by atoms with Crippen LogP contribution in [0.2, 0.25) is 0 Å². The molecule has 0 atom stereocenters. The van der Waals surface area contributed by atoms with E-state index in [9.17, 15) is 5.11 Å². The van der Waals surface area contributed by atoms with Gasteiger partial charge in [-0.25, -0.2) is 0 Å². The molecule has 0 amide bonds. The third-order valence-corrected chi connectivity index (χ3v) is 4.65. The minimum Gasteiger partial charge on any atom is -0.493 e. The average molecular weight is 276 g/mol. The normalized spacial score (nSPS) is 26.8. The fourth-order valence-electron chi connectivity index (χ4n) is 3.24. The van der Waals surface area contributed by atoms with Crippen molar-refractivity contribution in [1.82, 2.24) is 0 Å². The fraction of sp³-hybridized carbons (Fsp3) is 0.667. The summed E-state index contributed by atoms with van der Waals surface area (Å²) in [7, 11) is 0. The number of hydrogen-bond donors (Lipinski definition) is 1. The Bertz CT molecular complexity index is 417. The first-order valence-corrected chi connectivity index (χ1v) is 8.01. The van der Waals surface area contributed by atoms with Gasteiger partial charge < -0.3 is 9.84 Å². The van der Waals surface area contributed by atoms with Crippen molar-refractivity contribution in [3.8, 4) is 5.75 Å². The molecule has 2 nitrogen and oxygen atoms in total. The lowest BCUT2D eigenvalue weighted by Gasteiger charge is -2.38. The molecule has 1 aromatic rings. The summed E-state index contributed by atoms with van der Waals surface area (Å²) >= 11 is 0. The molecule has 0 saturated heterocycles. The Morgan fingerprint density at radius 1 is 1.25 bits per heavy atom. The van der Waals surface area contributed by atoms with Gasteiger partial charge in [0.1, 0.15) is 5.75 Å². The van der Waals surface area contributed by atoms with E-state index < -0.39 is 5.60 Å². The monoisotopic (exact) mass is 276 g/mol. The number of benzene rings is 1. The van der Waals surface area contributed by atoms with Crippen LogP contribution in [0.5, 0.6) is 5.75 Å². The van der Waals surface area contributed by atoms with Gasteiger partial charge >= 0.3 is 0 Å². The van der Waals surface area contributed by atoms with Gasteiger partial charge in [-0.05, 0) is 50.0 Å². The van der Waals surface area contributed by atoms with Crippen LogP contribution in [-0.2, 0) is 5.60 Å². The summed E-state index contributed by atoms with van der Waals surface area (Å²) in [5.74, 6) is 2.32. The Morgan fingerprint density at radius 2 is 1.90 bits per heavy atom. The van der Waals surface area contributed by atoms with E-state index in [4.69, 9.17) is 4.74 Å². The number of hydrogen-bond acceptors (Lipinski definition) is 2. The Labute approximate surface area is 123 Å². The Hall–Kier alpha value is -1.02. The van der Waals surface area contributed by atoms with Crippen LogP contribution in [0.15, 0.2) is 24.3 Å². The van der Waals surface area contributed by atoms with E-state index in [2.05, 4.69) is 20.8 Å². The van der Waals surface area contributed by atoms with Crippen LogP contribution in [-0.4, -0.2) is 11.7 Å². The summed E-state index contributed by atoms with van der Waals surface area (Å²) < 4.78 is 5.82. The predicted molar refractivity (Wildman–Crippen MR) is 82.9 cm³/mol. The van der Waals surface area contributed by atoms with Crippen molar-refractivity contribution in [2.75, 3.05) is 6.61 Å². The van der Waals surface area contributed by atoms with Crippen LogP contribution in [0, 0.1) is 11.8 Å². The third kappa shape index (κ3) is 3.35. The minimum absolute atomic E-state index is 0.699. The van der Waals surface area contributed by atoms with Gasteiger partial charge in [0.05, 0.1) is 12.2 Å². The van der Waals surface area contributed by atoms with E-state index in [0.717, 1.165) is 49.3 Å². The molecule has 0 unspecified atom stereocenters. The first-order chi connectivity index (χ1) is 9.57. The van der Waals surface area contributed by atoms with E-state index in [1.165, 1.54) is 0 Å². The number of para-hydroxylation sites is 1. The number of rotatable bonds is 5. The van der Waals surface area contributed by atoms with E-state index >= 15 is 0 Å². The molecular weight excluding hydrogens is 248 g/mol. The maximum absolute atomic E-state index is 11.0. The molecular formula is C18H28O2. The van der Waals surface area contributed by atoms with Crippen molar-refractivity contribution in [3.05, 3.63) is 29.8 Å². The van der Waals surface area contributed by atoms with Crippen LogP contribution in [0.25, 0.3) is 0 Å². The maximum atomic E-state index is 11.0. The molecule has 20 heavy (non-hydrogen) atoms. The quantitative estimate of drug-likeness (QED) is 0.857. The largest absolute Gasteiger partial charge is 0.493 e. The molecule has 0 aliphatic heterocycles. The van der Waals surface area contributed by atoms with Crippen molar-refractivity contribution in [2.45, 2.75) is 58.5 Å². The van der Waals surface area contributed by atoms with Gasteiger partial charge in [-0.3, -0.25) is 0 Å². The van der Waals surface area contributed by atoms with Crippen LogP contribution in [0.4, 0.5) is 0 Å². The lowest BCUT2D eigenvalue weighted by Crippen LogP contribution is -2.33. The van der Waals surface area contributed by atoms with E-state index in [1.807, 2.05) is 24.3 Å². The zero-order valence-corrected chi connectivity index (χ0v) is 13.1. The van der Waals surface area contributed by atoms with E-state index in [0.29, 0.717) is 12.5 Å². The van der Waals surface area contributed by atoms with Gasteiger partial charge in [0.2, 0.25) is 0 Å². The molecule has 1 aromatic carbocycles. The highest BCUT2D eigenvalue weighted by molar-refractivity contribution is 5.38. The van der Waals surface area contributed by atoms with Crippen molar-refractivity contribution in [3.63, 3.8) is 0 Å². The van der Waals surface area contributed by atoms with E-state index in [1.54, 1.807) is 0 Å². The molecule has 1 fully saturated rings. The first kappa shape index (κ1) is 15.4. The first-order valence-electron chi connectivity index (χ1n) is 8.01. The van der Waals surface area contributed by atoms with E-state index in [-0.39, 0.29) is 0 Å². The number of ether oxygens (including phenoxy) is 1. The van der Waals surface area contributed by atoms with Crippen molar-refractivity contribution in [2.24, 2.45) is 11.8 Å². The highest BCUT2D eigenvalue weighted by Crippen LogP contribution is 2.44. The molecule has 112 valence electrons. The highest BCUT2D eigenvalue weighted by Gasteiger charge is 2.37. The minimum atomic E-state index is -0.699. The molecule has 0 bridgehead atoms. The summed E-state index contributed by atoms with van der Waals surface area (Å²) in [6, 6.07) is 8.00. The Morgan fingerprint density at radius 3 is 2.50 bits per heavy atom. The van der Waals surface area contributed by atoms with Crippen molar-refractivity contribution < 1.29 is 9.84 Å². The summed E-state index contributed by atoms with van der Waals surface area (Å²) in [6.07, 6.45) is 4.90. The second-order valence-corrected chi connectivity index (χ2v) is 6.46. The third-order valence-electron chi connectivity index (χ3n) is 4.65. The van der Waals surface area contributed by atoms with Crippen molar-refractivity contribution in [1.29, 1.82) is 0 Å². The van der Waals surface area contributed by atoms with Gasteiger partial charge in [-0.1, -0.05) is 39.0 Å². The van der Waals surface area contributed by atoms with Crippen molar-refractivity contribution >= 4 is 0 Å². The molecule has 1 aliphatic rings. The molecule has 2 heteroatoms. The predicted octanol–water partition coefficient (Wildman–Crippen LogP) is 4.51. The molecule has 1 aliphatic carbocycles. The molecule has 0 aromatic heterocycles. The fourth-order valence-corrected chi connectivity index (χ4v) is 3.24. The summed E-state index contributed by atoms with van der Waals surface area (Å²) in [6.45, 7) is 7.38. The van der Waals surface area contributed by atoms with Gasteiger partial charge in [0, 0.05) is 5.56 Å². The second-order valence-electron chi connectivity index (χ2n) is 6.46. The lowest BCUT2D eigenvalue weighted by molar-refractivity contribution is -0.0219. The average Bonchev–Trinajstić information content (AvgIpc) is 2.46. The van der Waals surface area contributed by atoms with Gasteiger partial charge in [-0.15, -0.1) is 0 Å². The summed E-state index contributed by atoms with van der Waals surface area (Å²) in [5, 5.41) is 11.0. The SMILES string of the molecule is CCCOc1ccccc1C1(O)CCC(C(C)C)CC1. The number of aliphatic hydroxyl groups is 1. The second kappa shape index (κ2) is 6.62. The lowest BCUT2D eigenvalue weighted by atomic mass is 9.72. The Kier molecular flexibility index (Phi) is 5.09. The smallest absolute Gasteiger partial charge is 0.125 e. The van der Waals surface area contributed by atoms with Crippen LogP contribution >= 0.6 is 0 Å². The summed E-state index contributed by atoms with van der Waals surface area (Å²) in [5.41, 5.74) is 0.283. The molecule has 1 N–H and O–H groups in total. The Balaban J connectivity index is 2.14. The topological polar surface area (TPSA) is 29.5 Å². The zero-order valence-electron chi connectivity index (χ0n) is 13.1.